The Hall–Kier alpha value is -1.70. The standard InChI is InChI=1S/C17H19BrN2O3S/c1-11-4-5-12(17(22)23-3)8-14(11)19-16(21)10-20(2)9-13-6-7-15(18)24-13/h4-8H,9-10H2,1-3H3,(H,19,21)/p+1. The number of ether oxygens (including phenoxy) is 1. The Balaban J connectivity index is 1.97. The molecule has 1 aromatic carbocycles. The van der Waals surface area contributed by atoms with Crippen LogP contribution in [0.15, 0.2) is 34.1 Å². The van der Waals surface area contributed by atoms with Gasteiger partial charge in [-0.3, -0.25) is 4.79 Å². The van der Waals surface area contributed by atoms with E-state index in [9.17, 15) is 9.59 Å². The van der Waals surface area contributed by atoms with Crippen LogP contribution in [0.2, 0.25) is 0 Å². The molecule has 0 saturated carbocycles. The zero-order chi connectivity index (χ0) is 17.7. The number of nitrogens with one attached hydrogen (secondary N) is 2. The van der Waals surface area contributed by atoms with Crippen LogP contribution >= 0.6 is 27.3 Å². The molecule has 0 aliphatic carbocycles. The number of thiophene rings is 1. The van der Waals surface area contributed by atoms with Crippen LogP contribution in [0.3, 0.4) is 0 Å². The molecule has 128 valence electrons. The van der Waals surface area contributed by atoms with Crippen LogP contribution in [0.5, 0.6) is 0 Å². The first-order valence-electron chi connectivity index (χ1n) is 7.43. The van der Waals surface area contributed by atoms with Gasteiger partial charge in [0, 0.05) is 5.69 Å². The molecule has 1 heterocycles. The van der Waals surface area contributed by atoms with Crippen molar-refractivity contribution in [1.82, 2.24) is 0 Å². The summed E-state index contributed by atoms with van der Waals surface area (Å²) in [6.07, 6.45) is 0. The number of carbonyl (C=O) groups is 2. The number of halogens is 1. The summed E-state index contributed by atoms with van der Waals surface area (Å²) in [5, 5.41) is 2.88. The highest BCUT2D eigenvalue weighted by Crippen LogP contribution is 2.21. The minimum Gasteiger partial charge on any atom is -0.465 e. The lowest BCUT2D eigenvalue weighted by Gasteiger charge is -2.14. The Morgan fingerprint density at radius 1 is 1.29 bits per heavy atom. The molecule has 0 spiro atoms. The van der Waals surface area contributed by atoms with E-state index < -0.39 is 5.97 Å². The van der Waals surface area contributed by atoms with Crippen molar-refractivity contribution < 1.29 is 19.2 Å². The molecule has 1 aromatic heterocycles. The molecule has 0 fully saturated rings. The van der Waals surface area contributed by atoms with Gasteiger partial charge in [-0.05, 0) is 52.7 Å². The molecule has 0 aliphatic heterocycles. The Morgan fingerprint density at radius 3 is 2.67 bits per heavy atom. The van der Waals surface area contributed by atoms with E-state index in [1.165, 1.54) is 12.0 Å². The van der Waals surface area contributed by atoms with Crippen LogP contribution in [0.1, 0.15) is 20.8 Å². The summed E-state index contributed by atoms with van der Waals surface area (Å²) in [4.78, 5) is 26.2. The molecule has 7 heteroatoms. The Labute approximate surface area is 153 Å². The number of amides is 1. The fourth-order valence-electron chi connectivity index (χ4n) is 2.28. The molecule has 0 saturated heterocycles. The third kappa shape index (κ3) is 5.15. The average molecular weight is 412 g/mol. The molecular weight excluding hydrogens is 392 g/mol. The second-order valence-electron chi connectivity index (χ2n) is 5.59. The first-order chi connectivity index (χ1) is 11.4. The predicted molar refractivity (Wildman–Crippen MR) is 98.6 cm³/mol. The van der Waals surface area contributed by atoms with Crippen molar-refractivity contribution in [3.05, 3.63) is 50.1 Å². The lowest BCUT2D eigenvalue weighted by Crippen LogP contribution is -3.08. The number of methoxy groups -OCH3 is 1. The number of carbonyl (C=O) groups excluding carboxylic acids is 2. The van der Waals surface area contributed by atoms with Crippen molar-refractivity contribution in [2.24, 2.45) is 0 Å². The molecule has 2 rings (SSSR count). The summed E-state index contributed by atoms with van der Waals surface area (Å²) >= 11 is 5.11. The van der Waals surface area contributed by atoms with Gasteiger partial charge in [-0.2, -0.15) is 0 Å². The number of hydrogen-bond acceptors (Lipinski definition) is 4. The number of esters is 1. The lowest BCUT2D eigenvalue weighted by molar-refractivity contribution is -0.884. The van der Waals surface area contributed by atoms with Crippen molar-refractivity contribution in [2.75, 3.05) is 26.0 Å². The molecule has 5 nitrogen and oxygen atoms in total. The summed E-state index contributed by atoms with van der Waals surface area (Å²) in [7, 11) is 3.31. The Kier molecular flexibility index (Phi) is 6.53. The molecule has 0 radical (unpaired) electrons. The number of likely N-dealkylation sites (N-methyl/N-ethyl adjacent to an activating group) is 1. The number of aryl methyl sites for hydroxylation is 1. The van der Waals surface area contributed by atoms with Gasteiger partial charge in [0.25, 0.3) is 5.91 Å². The number of benzene rings is 1. The summed E-state index contributed by atoms with van der Waals surface area (Å²) in [6, 6.07) is 9.18. The zero-order valence-corrected chi connectivity index (χ0v) is 16.2. The quantitative estimate of drug-likeness (QED) is 0.716. The molecule has 0 aliphatic rings. The van der Waals surface area contributed by atoms with E-state index >= 15 is 0 Å². The second kappa shape index (κ2) is 8.41. The lowest BCUT2D eigenvalue weighted by atomic mass is 10.1. The van der Waals surface area contributed by atoms with Gasteiger partial charge in [0.15, 0.2) is 6.54 Å². The number of anilines is 1. The average Bonchev–Trinajstić information content (AvgIpc) is 2.93. The van der Waals surface area contributed by atoms with Gasteiger partial charge in [0.2, 0.25) is 0 Å². The molecule has 1 unspecified atom stereocenters. The molecule has 2 N–H and O–H groups in total. The van der Waals surface area contributed by atoms with Gasteiger partial charge in [0.05, 0.1) is 28.4 Å². The zero-order valence-electron chi connectivity index (χ0n) is 13.8. The van der Waals surface area contributed by atoms with Crippen molar-refractivity contribution in [3.63, 3.8) is 0 Å². The highest BCUT2D eigenvalue weighted by atomic mass is 79.9. The summed E-state index contributed by atoms with van der Waals surface area (Å²) in [6.45, 7) is 3.01. The van der Waals surface area contributed by atoms with Gasteiger partial charge in [-0.1, -0.05) is 6.07 Å². The van der Waals surface area contributed by atoms with E-state index in [2.05, 4.69) is 27.3 Å². The monoisotopic (exact) mass is 411 g/mol. The van der Waals surface area contributed by atoms with Crippen molar-refractivity contribution in [2.45, 2.75) is 13.5 Å². The van der Waals surface area contributed by atoms with Crippen LogP contribution < -0.4 is 10.2 Å². The van der Waals surface area contributed by atoms with Crippen molar-refractivity contribution in [3.8, 4) is 0 Å². The minimum atomic E-state index is -0.420. The predicted octanol–water partition coefficient (Wildman–Crippen LogP) is 2.26. The molecule has 0 bridgehead atoms. The topological polar surface area (TPSA) is 59.8 Å². The van der Waals surface area contributed by atoms with E-state index in [-0.39, 0.29) is 5.91 Å². The second-order valence-corrected chi connectivity index (χ2v) is 8.13. The molecule has 1 atom stereocenters. The smallest absolute Gasteiger partial charge is 0.337 e. The normalized spacial score (nSPS) is 11.8. The van der Waals surface area contributed by atoms with E-state index in [1.54, 1.807) is 29.5 Å². The number of quaternary nitrogens is 1. The van der Waals surface area contributed by atoms with Crippen LogP contribution in [0.25, 0.3) is 0 Å². The fraction of sp³-hybridized carbons (Fsp3) is 0.294. The largest absolute Gasteiger partial charge is 0.465 e. The third-order valence-electron chi connectivity index (χ3n) is 3.50. The first-order valence-corrected chi connectivity index (χ1v) is 9.04. The summed E-state index contributed by atoms with van der Waals surface area (Å²) in [5.41, 5.74) is 1.95. The minimum absolute atomic E-state index is 0.0896. The van der Waals surface area contributed by atoms with E-state index in [0.29, 0.717) is 17.8 Å². The van der Waals surface area contributed by atoms with E-state index in [4.69, 9.17) is 4.74 Å². The highest BCUT2D eigenvalue weighted by Gasteiger charge is 2.14. The molecule has 1 amide bonds. The summed E-state index contributed by atoms with van der Waals surface area (Å²) < 4.78 is 5.80. The van der Waals surface area contributed by atoms with E-state index in [0.717, 1.165) is 20.8 Å². The van der Waals surface area contributed by atoms with Gasteiger partial charge >= 0.3 is 5.97 Å². The van der Waals surface area contributed by atoms with Crippen LogP contribution in [0.4, 0.5) is 5.69 Å². The Morgan fingerprint density at radius 2 is 2.04 bits per heavy atom. The maximum atomic E-state index is 12.3. The van der Waals surface area contributed by atoms with Gasteiger partial charge in [-0.15, -0.1) is 11.3 Å². The van der Waals surface area contributed by atoms with Gasteiger partial charge in [-0.25, -0.2) is 4.79 Å². The first kappa shape index (κ1) is 18.6. The van der Waals surface area contributed by atoms with Gasteiger partial charge < -0.3 is 15.0 Å². The summed E-state index contributed by atoms with van der Waals surface area (Å²) in [5.74, 6) is -0.509. The van der Waals surface area contributed by atoms with E-state index in [1.807, 2.05) is 20.0 Å². The van der Waals surface area contributed by atoms with Crippen LogP contribution in [-0.2, 0) is 16.1 Å². The van der Waals surface area contributed by atoms with Crippen molar-refractivity contribution >= 4 is 44.8 Å². The SMILES string of the molecule is COC(=O)c1ccc(C)c(NC(=O)C[NH+](C)Cc2ccc(Br)s2)c1. The molecule has 24 heavy (non-hydrogen) atoms. The maximum Gasteiger partial charge on any atom is 0.337 e. The van der Waals surface area contributed by atoms with Gasteiger partial charge in [0.1, 0.15) is 6.54 Å². The third-order valence-corrected chi connectivity index (χ3v) is 5.12. The Bertz CT molecular complexity index is 745. The van der Waals surface area contributed by atoms with Crippen molar-refractivity contribution in [1.29, 1.82) is 0 Å². The maximum absolute atomic E-state index is 12.3. The number of rotatable bonds is 6. The van der Waals surface area contributed by atoms with Crippen LogP contribution in [0, 0.1) is 6.92 Å². The molecular formula is C17H20BrN2O3S+. The number of hydrogen-bond donors (Lipinski definition) is 2. The fourth-order valence-corrected chi connectivity index (χ4v) is 3.87. The van der Waals surface area contributed by atoms with Crippen LogP contribution in [-0.4, -0.2) is 32.6 Å². The molecule has 2 aromatic rings. The highest BCUT2D eigenvalue weighted by molar-refractivity contribution is 9.11.